The predicted octanol–water partition coefficient (Wildman–Crippen LogP) is 2.41. The van der Waals surface area contributed by atoms with E-state index in [1.54, 1.807) is 6.92 Å². The van der Waals surface area contributed by atoms with Gasteiger partial charge in [-0.15, -0.1) is 0 Å². The van der Waals surface area contributed by atoms with E-state index in [1.807, 2.05) is 4.90 Å². The summed E-state index contributed by atoms with van der Waals surface area (Å²) in [6.07, 6.45) is 6.34. The van der Waals surface area contributed by atoms with Crippen molar-refractivity contribution in [2.75, 3.05) is 13.1 Å². The Morgan fingerprint density at radius 1 is 1.11 bits per heavy atom. The zero-order chi connectivity index (χ0) is 13.1. The second-order valence-corrected chi connectivity index (χ2v) is 6.32. The van der Waals surface area contributed by atoms with Crippen molar-refractivity contribution in [2.45, 2.75) is 65.0 Å². The summed E-state index contributed by atoms with van der Waals surface area (Å²) >= 11 is 0. The minimum absolute atomic E-state index is 0.230. The molecule has 1 saturated carbocycles. The van der Waals surface area contributed by atoms with Crippen LogP contribution < -0.4 is 5.32 Å². The summed E-state index contributed by atoms with van der Waals surface area (Å²) < 4.78 is 0. The van der Waals surface area contributed by atoms with E-state index in [-0.39, 0.29) is 5.91 Å². The van der Waals surface area contributed by atoms with Gasteiger partial charge in [-0.2, -0.15) is 0 Å². The SMILES string of the molecule is CC(=O)N1CCC(N[C@H]2CCC[C@H](C)[C@H]2C)CC1. The maximum Gasteiger partial charge on any atom is 0.219 e. The number of amides is 1. The van der Waals surface area contributed by atoms with Gasteiger partial charge in [0.25, 0.3) is 0 Å². The molecule has 0 aromatic carbocycles. The Kier molecular flexibility index (Phi) is 4.66. The highest BCUT2D eigenvalue weighted by molar-refractivity contribution is 5.73. The van der Waals surface area contributed by atoms with Crippen LogP contribution in [0.4, 0.5) is 0 Å². The third-order valence-electron chi connectivity index (χ3n) is 5.10. The Hall–Kier alpha value is -0.570. The molecular weight excluding hydrogens is 224 g/mol. The van der Waals surface area contributed by atoms with Gasteiger partial charge >= 0.3 is 0 Å². The van der Waals surface area contributed by atoms with Gasteiger partial charge in [-0.05, 0) is 31.1 Å². The number of rotatable bonds is 2. The number of nitrogens with one attached hydrogen (secondary N) is 1. The van der Waals surface area contributed by atoms with E-state index < -0.39 is 0 Å². The van der Waals surface area contributed by atoms with Gasteiger partial charge in [-0.25, -0.2) is 0 Å². The number of likely N-dealkylation sites (tertiary alicyclic amines) is 1. The lowest BCUT2D eigenvalue weighted by Gasteiger charge is -2.39. The predicted molar refractivity (Wildman–Crippen MR) is 74.4 cm³/mol. The van der Waals surface area contributed by atoms with Crippen molar-refractivity contribution in [2.24, 2.45) is 11.8 Å². The fourth-order valence-corrected chi connectivity index (χ4v) is 3.48. The van der Waals surface area contributed by atoms with Gasteiger partial charge in [0.05, 0.1) is 0 Å². The molecule has 0 spiro atoms. The fraction of sp³-hybridized carbons (Fsp3) is 0.933. The molecule has 18 heavy (non-hydrogen) atoms. The Morgan fingerprint density at radius 2 is 1.78 bits per heavy atom. The normalized spacial score (nSPS) is 34.6. The highest BCUT2D eigenvalue weighted by Gasteiger charge is 2.30. The van der Waals surface area contributed by atoms with Crippen LogP contribution in [-0.2, 0) is 4.79 Å². The van der Waals surface area contributed by atoms with Gasteiger partial charge < -0.3 is 10.2 Å². The molecule has 1 N–H and O–H groups in total. The first-order valence-corrected chi connectivity index (χ1v) is 7.59. The summed E-state index contributed by atoms with van der Waals surface area (Å²) in [5.41, 5.74) is 0. The first-order chi connectivity index (χ1) is 8.58. The van der Waals surface area contributed by atoms with E-state index in [4.69, 9.17) is 0 Å². The summed E-state index contributed by atoms with van der Waals surface area (Å²) in [5, 5.41) is 3.86. The zero-order valence-electron chi connectivity index (χ0n) is 12.1. The van der Waals surface area contributed by atoms with Gasteiger partial charge in [0.15, 0.2) is 0 Å². The number of nitrogens with zero attached hydrogens (tertiary/aromatic N) is 1. The highest BCUT2D eigenvalue weighted by atomic mass is 16.2. The zero-order valence-corrected chi connectivity index (χ0v) is 12.1. The highest BCUT2D eigenvalue weighted by Crippen LogP contribution is 2.30. The topological polar surface area (TPSA) is 32.3 Å². The molecular formula is C15H28N2O. The molecule has 104 valence electrons. The molecule has 3 atom stereocenters. The third-order valence-corrected chi connectivity index (χ3v) is 5.10. The van der Waals surface area contributed by atoms with E-state index in [2.05, 4.69) is 19.2 Å². The monoisotopic (exact) mass is 252 g/mol. The summed E-state index contributed by atoms with van der Waals surface area (Å²) in [4.78, 5) is 13.3. The average Bonchev–Trinajstić information content (AvgIpc) is 2.36. The third kappa shape index (κ3) is 3.25. The maximum absolute atomic E-state index is 11.3. The van der Waals surface area contributed by atoms with Crippen LogP contribution in [0.2, 0.25) is 0 Å². The number of hydrogen-bond donors (Lipinski definition) is 1. The molecule has 1 aliphatic heterocycles. The number of hydrogen-bond acceptors (Lipinski definition) is 2. The Morgan fingerprint density at radius 3 is 2.39 bits per heavy atom. The van der Waals surface area contributed by atoms with Crippen LogP contribution in [0.15, 0.2) is 0 Å². The van der Waals surface area contributed by atoms with Crippen molar-refractivity contribution in [3.05, 3.63) is 0 Å². The van der Waals surface area contributed by atoms with Gasteiger partial charge in [-0.1, -0.05) is 26.7 Å². The molecule has 1 aliphatic carbocycles. The lowest BCUT2D eigenvalue weighted by atomic mass is 9.77. The van der Waals surface area contributed by atoms with E-state index in [0.717, 1.165) is 37.8 Å². The number of piperidine rings is 1. The first-order valence-electron chi connectivity index (χ1n) is 7.59. The molecule has 0 aromatic heterocycles. The molecule has 3 heteroatoms. The fourth-order valence-electron chi connectivity index (χ4n) is 3.48. The Bertz CT molecular complexity index is 284. The molecule has 0 unspecified atom stereocenters. The molecule has 2 aliphatic rings. The minimum Gasteiger partial charge on any atom is -0.343 e. The molecule has 1 amide bonds. The van der Waals surface area contributed by atoms with Crippen LogP contribution in [0.5, 0.6) is 0 Å². The number of carbonyl (C=O) groups is 1. The van der Waals surface area contributed by atoms with E-state index in [0.29, 0.717) is 12.1 Å². The largest absolute Gasteiger partial charge is 0.343 e. The lowest BCUT2D eigenvalue weighted by molar-refractivity contribution is -0.129. The number of carbonyl (C=O) groups excluding carboxylic acids is 1. The van der Waals surface area contributed by atoms with E-state index in [9.17, 15) is 4.79 Å². The molecule has 0 bridgehead atoms. The lowest BCUT2D eigenvalue weighted by Crippen LogP contribution is -2.50. The van der Waals surface area contributed by atoms with E-state index >= 15 is 0 Å². The molecule has 1 heterocycles. The van der Waals surface area contributed by atoms with Crippen LogP contribution in [0.25, 0.3) is 0 Å². The summed E-state index contributed by atoms with van der Waals surface area (Å²) in [6, 6.07) is 1.32. The molecule has 3 nitrogen and oxygen atoms in total. The van der Waals surface area contributed by atoms with Crippen LogP contribution in [0, 0.1) is 11.8 Å². The van der Waals surface area contributed by atoms with Crippen molar-refractivity contribution in [3.8, 4) is 0 Å². The maximum atomic E-state index is 11.3. The molecule has 2 rings (SSSR count). The van der Waals surface area contributed by atoms with E-state index in [1.165, 1.54) is 19.3 Å². The summed E-state index contributed by atoms with van der Waals surface area (Å²) in [5.74, 6) is 1.88. The smallest absolute Gasteiger partial charge is 0.219 e. The van der Waals surface area contributed by atoms with Crippen LogP contribution in [0.1, 0.15) is 52.9 Å². The Labute approximate surface area is 111 Å². The van der Waals surface area contributed by atoms with Crippen molar-refractivity contribution >= 4 is 5.91 Å². The molecule has 2 fully saturated rings. The minimum atomic E-state index is 0.230. The van der Waals surface area contributed by atoms with Crippen molar-refractivity contribution in [1.29, 1.82) is 0 Å². The van der Waals surface area contributed by atoms with Gasteiger partial charge in [0.1, 0.15) is 0 Å². The van der Waals surface area contributed by atoms with Gasteiger partial charge in [0, 0.05) is 32.1 Å². The van der Waals surface area contributed by atoms with Crippen molar-refractivity contribution in [3.63, 3.8) is 0 Å². The van der Waals surface area contributed by atoms with Gasteiger partial charge in [-0.3, -0.25) is 4.79 Å². The van der Waals surface area contributed by atoms with Crippen LogP contribution >= 0.6 is 0 Å². The van der Waals surface area contributed by atoms with Crippen molar-refractivity contribution in [1.82, 2.24) is 10.2 Å². The molecule has 0 aromatic rings. The molecule has 1 saturated heterocycles. The van der Waals surface area contributed by atoms with Gasteiger partial charge in [0.2, 0.25) is 5.91 Å². The second-order valence-electron chi connectivity index (χ2n) is 6.32. The summed E-state index contributed by atoms with van der Waals surface area (Å²) in [7, 11) is 0. The van der Waals surface area contributed by atoms with Crippen LogP contribution in [-0.4, -0.2) is 36.0 Å². The van der Waals surface area contributed by atoms with Crippen LogP contribution in [0.3, 0.4) is 0 Å². The molecule has 0 radical (unpaired) electrons. The average molecular weight is 252 g/mol. The summed E-state index contributed by atoms with van der Waals surface area (Å²) in [6.45, 7) is 8.33. The first kappa shape index (κ1) is 13.9. The quantitative estimate of drug-likeness (QED) is 0.818. The second kappa shape index (κ2) is 6.05. The standard InChI is InChI=1S/C15H28N2O/c1-11-5-4-6-15(12(11)2)16-14-7-9-17(10-8-14)13(3)18/h11-12,14-16H,4-10H2,1-3H3/t11-,12+,15-/m0/s1. The van der Waals surface area contributed by atoms with Crippen molar-refractivity contribution < 1.29 is 4.79 Å². The Balaban J connectivity index is 1.79.